The van der Waals surface area contributed by atoms with E-state index >= 15 is 0 Å². The molecule has 2 rings (SSSR count). The lowest BCUT2D eigenvalue weighted by molar-refractivity contribution is 0.0750. The molecule has 86 valence electrons. The molecule has 1 aliphatic rings. The van der Waals surface area contributed by atoms with Gasteiger partial charge in [0, 0.05) is 17.9 Å². The van der Waals surface area contributed by atoms with Gasteiger partial charge in [0.05, 0.1) is 10.6 Å². The van der Waals surface area contributed by atoms with E-state index in [1.807, 2.05) is 17.0 Å². The number of alkyl halides is 1. The van der Waals surface area contributed by atoms with Crippen LogP contribution in [0.2, 0.25) is 5.02 Å². The molecule has 16 heavy (non-hydrogen) atoms. The quantitative estimate of drug-likeness (QED) is 0.767. The molecule has 1 aliphatic heterocycles. The topological polar surface area (TPSA) is 20.3 Å². The van der Waals surface area contributed by atoms with Crippen molar-refractivity contribution >= 4 is 33.4 Å². The standard InChI is InChI=1S/C12H13BrClNO/c13-8-9-4-3-7-15(9)12(16)10-5-1-2-6-11(10)14/h1-2,5-6,9H,3-4,7-8H2/t9-/m0/s1. The van der Waals surface area contributed by atoms with Gasteiger partial charge in [0.2, 0.25) is 0 Å². The zero-order chi connectivity index (χ0) is 11.5. The Morgan fingerprint density at radius 1 is 1.50 bits per heavy atom. The Morgan fingerprint density at radius 3 is 2.94 bits per heavy atom. The van der Waals surface area contributed by atoms with Crippen LogP contribution in [0.15, 0.2) is 24.3 Å². The number of carbonyl (C=O) groups is 1. The van der Waals surface area contributed by atoms with Crippen LogP contribution in [0.3, 0.4) is 0 Å². The maximum absolute atomic E-state index is 12.3. The molecule has 0 radical (unpaired) electrons. The predicted octanol–water partition coefficient (Wildman–Crippen LogP) is 3.34. The normalized spacial score (nSPS) is 20.1. The molecule has 1 aromatic rings. The molecule has 4 heteroatoms. The third-order valence-corrected chi connectivity index (χ3v) is 4.00. The van der Waals surface area contributed by atoms with Crippen LogP contribution in [-0.2, 0) is 0 Å². The SMILES string of the molecule is O=C(c1ccccc1Cl)N1CCC[C@H]1CBr. The zero-order valence-electron chi connectivity index (χ0n) is 8.83. The van der Waals surface area contributed by atoms with Crippen LogP contribution in [0.1, 0.15) is 23.2 Å². The van der Waals surface area contributed by atoms with Crippen LogP contribution in [0.4, 0.5) is 0 Å². The maximum atomic E-state index is 12.3. The number of likely N-dealkylation sites (tertiary alicyclic amines) is 1. The fraction of sp³-hybridized carbons (Fsp3) is 0.417. The van der Waals surface area contributed by atoms with Crippen LogP contribution in [0.5, 0.6) is 0 Å². The van der Waals surface area contributed by atoms with Gasteiger partial charge in [0.25, 0.3) is 5.91 Å². The van der Waals surface area contributed by atoms with Crippen molar-refractivity contribution in [1.82, 2.24) is 4.90 Å². The highest BCUT2D eigenvalue weighted by molar-refractivity contribution is 9.09. The van der Waals surface area contributed by atoms with Gasteiger partial charge in [-0.3, -0.25) is 4.79 Å². The van der Waals surface area contributed by atoms with Crippen molar-refractivity contribution in [1.29, 1.82) is 0 Å². The Labute approximate surface area is 109 Å². The lowest BCUT2D eigenvalue weighted by atomic mass is 10.2. The molecule has 0 unspecified atom stereocenters. The molecule has 0 bridgehead atoms. The lowest BCUT2D eigenvalue weighted by Crippen LogP contribution is -2.36. The Bertz CT molecular complexity index is 396. The van der Waals surface area contributed by atoms with Gasteiger partial charge in [-0.2, -0.15) is 0 Å². The third-order valence-electron chi connectivity index (χ3n) is 2.92. The summed E-state index contributed by atoms with van der Waals surface area (Å²) in [7, 11) is 0. The summed E-state index contributed by atoms with van der Waals surface area (Å²) in [4.78, 5) is 14.2. The average molecular weight is 303 g/mol. The minimum absolute atomic E-state index is 0.0487. The van der Waals surface area contributed by atoms with Crippen LogP contribution >= 0.6 is 27.5 Å². The second kappa shape index (κ2) is 5.19. The number of carbonyl (C=O) groups excluding carboxylic acids is 1. The second-order valence-electron chi connectivity index (χ2n) is 3.93. The first kappa shape index (κ1) is 11.9. The van der Waals surface area contributed by atoms with E-state index in [2.05, 4.69) is 15.9 Å². The molecular weight excluding hydrogens is 289 g/mol. The van der Waals surface area contributed by atoms with Crippen LogP contribution in [0.25, 0.3) is 0 Å². The summed E-state index contributed by atoms with van der Waals surface area (Å²) in [6, 6.07) is 7.54. The third kappa shape index (κ3) is 2.25. The van der Waals surface area contributed by atoms with Gasteiger partial charge in [-0.15, -0.1) is 0 Å². The van der Waals surface area contributed by atoms with Gasteiger partial charge in [-0.25, -0.2) is 0 Å². The Hall–Kier alpha value is -0.540. The first-order valence-electron chi connectivity index (χ1n) is 5.35. The smallest absolute Gasteiger partial charge is 0.255 e. The summed E-state index contributed by atoms with van der Waals surface area (Å²) in [5, 5.41) is 1.37. The Balaban J connectivity index is 2.22. The largest absolute Gasteiger partial charge is 0.335 e. The first-order valence-corrected chi connectivity index (χ1v) is 6.85. The van der Waals surface area contributed by atoms with Crippen molar-refractivity contribution in [3.05, 3.63) is 34.9 Å². The van der Waals surface area contributed by atoms with Crippen molar-refractivity contribution < 1.29 is 4.79 Å². The molecule has 1 heterocycles. The second-order valence-corrected chi connectivity index (χ2v) is 4.98. The number of nitrogens with zero attached hydrogens (tertiary/aromatic N) is 1. The van der Waals surface area contributed by atoms with E-state index in [0.717, 1.165) is 24.7 Å². The van der Waals surface area contributed by atoms with E-state index in [1.165, 1.54) is 0 Å². The minimum atomic E-state index is 0.0487. The van der Waals surface area contributed by atoms with Crippen LogP contribution in [0, 0.1) is 0 Å². The van der Waals surface area contributed by atoms with Crippen molar-refractivity contribution in [2.24, 2.45) is 0 Å². The molecular formula is C12H13BrClNO. The molecule has 1 fully saturated rings. The maximum Gasteiger partial charge on any atom is 0.255 e. The van der Waals surface area contributed by atoms with Gasteiger partial charge in [-0.1, -0.05) is 39.7 Å². The fourth-order valence-corrected chi connectivity index (χ4v) is 2.94. The summed E-state index contributed by atoms with van der Waals surface area (Å²) in [6.45, 7) is 0.834. The van der Waals surface area contributed by atoms with Crippen molar-refractivity contribution in [3.63, 3.8) is 0 Å². The molecule has 1 aromatic carbocycles. The highest BCUT2D eigenvalue weighted by Gasteiger charge is 2.29. The van der Waals surface area contributed by atoms with E-state index in [4.69, 9.17) is 11.6 Å². The minimum Gasteiger partial charge on any atom is -0.335 e. The molecule has 1 amide bonds. The number of hydrogen-bond donors (Lipinski definition) is 0. The summed E-state index contributed by atoms with van der Waals surface area (Å²) in [5.41, 5.74) is 0.608. The van der Waals surface area contributed by atoms with Crippen molar-refractivity contribution in [2.45, 2.75) is 18.9 Å². The van der Waals surface area contributed by atoms with E-state index < -0.39 is 0 Å². The first-order chi connectivity index (χ1) is 7.74. The van der Waals surface area contributed by atoms with Crippen molar-refractivity contribution in [3.8, 4) is 0 Å². The number of hydrogen-bond acceptors (Lipinski definition) is 1. The predicted molar refractivity (Wildman–Crippen MR) is 69.3 cm³/mol. The molecule has 0 aliphatic carbocycles. The highest BCUT2D eigenvalue weighted by Crippen LogP contribution is 2.24. The molecule has 2 nitrogen and oxygen atoms in total. The summed E-state index contributed by atoms with van der Waals surface area (Å²) >= 11 is 9.48. The zero-order valence-corrected chi connectivity index (χ0v) is 11.2. The van der Waals surface area contributed by atoms with Gasteiger partial charge in [0.15, 0.2) is 0 Å². The van der Waals surface area contributed by atoms with E-state index in [-0.39, 0.29) is 5.91 Å². The number of amides is 1. The summed E-state index contributed by atoms with van der Waals surface area (Å²) in [5.74, 6) is 0.0487. The average Bonchev–Trinajstić information content (AvgIpc) is 2.77. The van der Waals surface area contributed by atoms with E-state index in [0.29, 0.717) is 16.6 Å². The molecule has 0 saturated carbocycles. The number of benzene rings is 1. The summed E-state index contributed by atoms with van der Waals surface area (Å²) in [6.07, 6.45) is 2.15. The fourth-order valence-electron chi connectivity index (χ4n) is 2.05. The van der Waals surface area contributed by atoms with Gasteiger partial charge in [0.1, 0.15) is 0 Å². The van der Waals surface area contributed by atoms with E-state index in [1.54, 1.807) is 12.1 Å². The number of rotatable bonds is 2. The van der Waals surface area contributed by atoms with Crippen LogP contribution < -0.4 is 0 Å². The Morgan fingerprint density at radius 2 is 2.25 bits per heavy atom. The molecule has 0 N–H and O–H groups in total. The number of halogens is 2. The molecule has 1 saturated heterocycles. The molecule has 0 aromatic heterocycles. The highest BCUT2D eigenvalue weighted by atomic mass is 79.9. The summed E-state index contributed by atoms with van der Waals surface area (Å²) < 4.78 is 0. The van der Waals surface area contributed by atoms with E-state index in [9.17, 15) is 4.79 Å². The Kier molecular flexibility index (Phi) is 3.87. The molecule has 1 atom stereocenters. The monoisotopic (exact) mass is 301 g/mol. The van der Waals surface area contributed by atoms with Crippen molar-refractivity contribution in [2.75, 3.05) is 11.9 Å². The van der Waals surface area contributed by atoms with Gasteiger partial charge >= 0.3 is 0 Å². The van der Waals surface area contributed by atoms with Crippen LogP contribution in [-0.4, -0.2) is 28.7 Å². The lowest BCUT2D eigenvalue weighted by Gasteiger charge is -2.23. The molecule has 0 spiro atoms. The van der Waals surface area contributed by atoms with Gasteiger partial charge in [-0.05, 0) is 25.0 Å². The van der Waals surface area contributed by atoms with Gasteiger partial charge < -0.3 is 4.90 Å².